The molecule has 0 saturated heterocycles. The largest absolute Gasteiger partial charge is 0.493 e. The Morgan fingerprint density at radius 3 is 2.74 bits per heavy atom. The van der Waals surface area contributed by atoms with Crippen LogP contribution in [0.25, 0.3) is 0 Å². The summed E-state index contributed by atoms with van der Waals surface area (Å²) in [6, 6.07) is 8.00. The molecule has 0 aliphatic rings. The Balaban J connectivity index is 2.03. The van der Waals surface area contributed by atoms with Crippen LogP contribution >= 0.6 is 27.7 Å². The molecular weight excluding hydrogens is 328 g/mol. The molecule has 0 saturated carbocycles. The first-order valence-corrected chi connectivity index (χ1v) is 7.52. The third-order valence-corrected chi connectivity index (χ3v) is 4.32. The molecule has 102 valence electrons. The minimum atomic E-state index is -0.615. The summed E-state index contributed by atoms with van der Waals surface area (Å²) in [5.74, 6) is 1.17. The van der Waals surface area contributed by atoms with Crippen molar-refractivity contribution in [3.05, 3.63) is 40.6 Å². The minimum Gasteiger partial charge on any atom is -0.493 e. The molecule has 0 radical (unpaired) electrons. The number of aromatic nitrogens is 2. The van der Waals surface area contributed by atoms with E-state index in [1.165, 1.54) is 0 Å². The van der Waals surface area contributed by atoms with Crippen LogP contribution in [0.4, 0.5) is 0 Å². The van der Waals surface area contributed by atoms with E-state index >= 15 is 0 Å². The Bertz CT molecular complexity index is 542. The second kappa shape index (κ2) is 6.45. The second-order valence-corrected chi connectivity index (χ2v) is 6.01. The van der Waals surface area contributed by atoms with Crippen LogP contribution in [0.15, 0.2) is 39.8 Å². The number of benzene rings is 1. The lowest BCUT2D eigenvalue weighted by Crippen LogP contribution is -2.08. The van der Waals surface area contributed by atoms with Crippen LogP contribution in [-0.4, -0.2) is 27.7 Å². The number of ether oxygens (including phenoxy) is 1. The van der Waals surface area contributed by atoms with Gasteiger partial charge in [-0.25, -0.2) is 0 Å². The standard InChI is InChI=1S/C13H15BrN2O2S/c1-16-13(12(18-2)7-15-16)11(17)8-19-10-5-3-9(14)4-6-10/h3-7,11,17H,8H2,1-2H3. The molecule has 19 heavy (non-hydrogen) atoms. The smallest absolute Gasteiger partial charge is 0.162 e. The molecule has 0 fully saturated rings. The van der Waals surface area contributed by atoms with Gasteiger partial charge in [-0.3, -0.25) is 4.68 Å². The van der Waals surface area contributed by atoms with Gasteiger partial charge < -0.3 is 9.84 Å². The molecule has 6 heteroatoms. The highest BCUT2D eigenvalue weighted by atomic mass is 79.9. The van der Waals surface area contributed by atoms with Crippen molar-refractivity contribution in [2.75, 3.05) is 12.9 Å². The van der Waals surface area contributed by atoms with Crippen LogP contribution in [0, 0.1) is 0 Å². The highest BCUT2D eigenvalue weighted by molar-refractivity contribution is 9.10. The van der Waals surface area contributed by atoms with Gasteiger partial charge in [0, 0.05) is 22.2 Å². The summed E-state index contributed by atoms with van der Waals surface area (Å²) in [7, 11) is 3.38. The van der Waals surface area contributed by atoms with Crippen molar-refractivity contribution in [3.63, 3.8) is 0 Å². The Hall–Kier alpha value is -0.980. The Kier molecular flexibility index (Phi) is 4.90. The molecule has 0 aliphatic heterocycles. The van der Waals surface area contributed by atoms with Crippen LogP contribution < -0.4 is 4.74 Å². The second-order valence-electron chi connectivity index (χ2n) is 4.00. The fraction of sp³-hybridized carbons (Fsp3) is 0.308. The van der Waals surface area contributed by atoms with Crippen molar-refractivity contribution >= 4 is 27.7 Å². The number of methoxy groups -OCH3 is 1. The number of rotatable bonds is 5. The lowest BCUT2D eigenvalue weighted by molar-refractivity contribution is 0.188. The topological polar surface area (TPSA) is 47.3 Å². The van der Waals surface area contributed by atoms with Gasteiger partial charge in [0.2, 0.25) is 0 Å². The van der Waals surface area contributed by atoms with Crippen molar-refractivity contribution in [2.24, 2.45) is 7.05 Å². The first-order chi connectivity index (χ1) is 9.11. The molecule has 2 aromatic rings. The fourth-order valence-corrected chi connectivity index (χ4v) is 2.85. The van der Waals surface area contributed by atoms with E-state index in [1.54, 1.807) is 36.8 Å². The summed E-state index contributed by atoms with van der Waals surface area (Å²) in [4.78, 5) is 1.11. The zero-order valence-electron chi connectivity index (χ0n) is 10.7. The van der Waals surface area contributed by atoms with Crippen LogP contribution in [0.2, 0.25) is 0 Å². The quantitative estimate of drug-likeness (QED) is 0.848. The molecule has 1 aromatic carbocycles. The van der Waals surface area contributed by atoms with Crippen molar-refractivity contribution in [2.45, 2.75) is 11.0 Å². The number of aliphatic hydroxyl groups excluding tert-OH is 1. The van der Waals surface area contributed by atoms with E-state index in [9.17, 15) is 5.11 Å². The lowest BCUT2D eigenvalue weighted by atomic mass is 10.2. The van der Waals surface area contributed by atoms with Gasteiger partial charge >= 0.3 is 0 Å². The number of thioether (sulfide) groups is 1. The van der Waals surface area contributed by atoms with Crippen molar-refractivity contribution in [1.29, 1.82) is 0 Å². The van der Waals surface area contributed by atoms with E-state index in [4.69, 9.17) is 4.74 Å². The lowest BCUT2D eigenvalue weighted by Gasteiger charge is -2.12. The predicted molar refractivity (Wildman–Crippen MR) is 79.6 cm³/mol. The Morgan fingerprint density at radius 2 is 2.11 bits per heavy atom. The van der Waals surface area contributed by atoms with Crippen LogP contribution in [-0.2, 0) is 7.05 Å². The molecule has 1 aromatic heterocycles. The highest BCUT2D eigenvalue weighted by Crippen LogP contribution is 2.30. The predicted octanol–water partition coefficient (Wildman–Crippen LogP) is 3.02. The maximum atomic E-state index is 10.2. The number of aryl methyl sites for hydroxylation is 1. The normalized spacial score (nSPS) is 12.4. The third-order valence-electron chi connectivity index (χ3n) is 2.71. The highest BCUT2D eigenvalue weighted by Gasteiger charge is 2.18. The van der Waals surface area contributed by atoms with Crippen LogP contribution in [0.3, 0.4) is 0 Å². The fourth-order valence-electron chi connectivity index (χ4n) is 1.75. The van der Waals surface area contributed by atoms with E-state index < -0.39 is 6.10 Å². The summed E-state index contributed by atoms with van der Waals surface area (Å²) in [5, 5.41) is 14.3. The summed E-state index contributed by atoms with van der Waals surface area (Å²) < 4.78 is 7.89. The first kappa shape index (κ1) is 14.4. The number of hydrogen-bond donors (Lipinski definition) is 1. The van der Waals surface area contributed by atoms with Gasteiger partial charge in [0.05, 0.1) is 13.3 Å². The van der Waals surface area contributed by atoms with Gasteiger partial charge in [-0.1, -0.05) is 15.9 Å². The number of halogens is 1. The van der Waals surface area contributed by atoms with E-state index in [0.717, 1.165) is 9.37 Å². The van der Waals surface area contributed by atoms with E-state index in [1.807, 2.05) is 24.3 Å². The molecule has 2 rings (SSSR count). The molecule has 0 spiro atoms. The minimum absolute atomic E-state index is 0.553. The number of aliphatic hydroxyl groups is 1. The molecule has 0 amide bonds. The Labute approximate surface area is 124 Å². The number of hydrogen-bond acceptors (Lipinski definition) is 4. The van der Waals surface area contributed by atoms with Gasteiger partial charge in [-0.15, -0.1) is 11.8 Å². The van der Waals surface area contributed by atoms with E-state index in [0.29, 0.717) is 17.2 Å². The zero-order chi connectivity index (χ0) is 13.8. The van der Waals surface area contributed by atoms with Crippen LogP contribution in [0.1, 0.15) is 11.8 Å². The molecule has 0 aliphatic carbocycles. The molecule has 1 N–H and O–H groups in total. The molecule has 1 unspecified atom stereocenters. The molecular formula is C13H15BrN2O2S. The van der Waals surface area contributed by atoms with E-state index in [-0.39, 0.29) is 0 Å². The summed E-state index contributed by atoms with van der Waals surface area (Å²) >= 11 is 4.99. The van der Waals surface area contributed by atoms with Crippen molar-refractivity contribution < 1.29 is 9.84 Å². The van der Waals surface area contributed by atoms with Gasteiger partial charge in [0.25, 0.3) is 0 Å². The summed E-state index contributed by atoms with van der Waals surface area (Å²) in [6.45, 7) is 0. The monoisotopic (exact) mass is 342 g/mol. The molecule has 0 bridgehead atoms. The maximum absolute atomic E-state index is 10.2. The van der Waals surface area contributed by atoms with E-state index in [2.05, 4.69) is 21.0 Å². The average Bonchev–Trinajstić information content (AvgIpc) is 2.79. The summed E-state index contributed by atoms with van der Waals surface area (Å²) in [5.41, 5.74) is 0.701. The third kappa shape index (κ3) is 3.52. The van der Waals surface area contributed by atoms with Gasteiger partial charge in [0.1, 0.15) is 11.8 Å². The van der Waals surface area contributed by atoms with Gasteiger partial charge in [-0.05, 0) is 24.3 Å². The van der Waals surface area contributed by atoms with Gasteiger partial charge in [0.15, 0.2) is 5.75 Å². The van der Waals surface area contributed by atoms with Gasteiger partial charge in [-0.2, -0.15) is 5.10 Å². The van der Waals surface area contributed by atoms with Crippen LogP contribution in [0.5, 0.6) is 5.75 Å². The molecule has 4 nitrogen and oxygen atoms in total. The Morgan fingerprint density at radius 1 is 1.42 bits per heavy atom. The van der Waals surface area contributed by atoms with Crippen molar-refractivity contribution in [1.82, 2.24) is 9.78 Å². The maximum Gasteiger partial charge on any atom is 0.162 e. The number of nitrogens with zero attached hydrogens (tertiary/aromatic N) is 2. The molecule has 1 atom stereocenters. The zero-order valence-corrected chi connectivity index (χ0v) is 13.1. The SMILES string of the molecule is COc1cnn(C)c1C(O)CSc1ccc(Br)cc1. The van der Waals surface area contributed by atoms with Crippen molar-refractivity contribution in [3.8, 4) is 5.75 Å². The summed E-state index contributed by atoms with van der Waals surface area (Å²) in [6.07, 6.45) is 0.999. The first-order valence-electron chi connectivity index (χ1n) is 5.74. The average molecular weight is 343 g/mol. The molecule has 1 heterocycles.